The van der Waals surface area contributed by atoms with Crippen molar-refractivity contribution in [2.45, 2.75) is 19.5 Å². The van der Waals surface area contributed by atoms with Crippen molar-refractivity contribution in [1.82, 2.24) is 10.3 Å². The number of amides is 1. The van der Waals surface area contributed by atoms with Crippen LogP contribution >= 0.6 is 11.3 Å². The molecule has 5 nitrogen and oxygen atoms in total. The standard InChI is InChI=1S/C12H13N3O2S/c1-12(2)14-11(16)10-7(15(12)3)4-9(18-10)8-5-13-6-17-8/h4-6H,1-3H3,(H,14,16). The predicted molar refractivity (Wildman–Crippen MR) is 69.8 cm³/mol. The van der Waals surface area contributed by atoms with Gasteiger partial charge >= 0.3 is 0 Å². The zero-order valence-corrected chi connectivity index (χ0v) is 11.2. The van der Waals surface area contributed by atoms with Gasteiger partial charge in [0, 0.05) is 7.05 Å². The lowest BCUT2D eigenvalue weighted by atomic mass is 10.1. The monoisotopic (exact) mass is 263 g/mol. The van der Waals surface area contributed by atoms with Crippen LogP contribution in [0.4, 0.5) is 5.69 Å². The van der Waals surface area contributed by atoms with E-state index in [2.05, 4.69) is 15.2 Å². The second-order valence-electron chi connectivity index (χ2n) is 4.76. The first-order chi connectivity index (χ1) is 8.49. The molecule has 2 aromatic heterocycles. The Morgan fingerprint density at radius 2 is 2.28 bits per heavy atom. The Bertz CT molecular complexity index is 601. The first-order valence-electron chi connectivity index (χ1n) is 5.58. The maximum absolute atomic E-state index is 12.1. The van der Waals surface area contributed by atoms with E-state index in [4.69, 9.17) is 4.42 Å². The maximum Gasteiger partial charge on any atom is 0.265 e. The SMILES string of the molecule is CN1c2cc(-c3cnco3)sc2C(=O)NC1(C)C. The van der Waals surface area contributed by atoms with E-state index in [0.29, 0.717) is 10.6 Å². The smallest absolute Gasteiger partial charge is 0.265 e. The van der Waals surface area contributed by atoms with E-state index in [9.17, 15) is 4.79 Å². The van der Waals surface area contributed by atoms with Gasteiger partial charge in [-0.1, -0.05) is 0 Å². The van der Waals surface area contributed by atoms with Crippen LogP contribution in [0.3, 0.4) is 0 Å². The van der Waals surface area contributed by atoms with Crippen molar-refractivity contribution >= 4 is 22.9 Å². The molecule has 0 radical (unpaired) electrons. The summed E-state index contributed by atoms with van der Waals surface area (Å²) in [6, 6.07) is 1.97. The molecule has 2 aromatic rings. The molecule has 1 amide bonds. The quantitative estimate of drug-likeness (QED) is 0.857. The lowest BCUT2D eigenvalue weighted by Gasteiger charge is -2.41. The number of nitrogens with zero attached hydrogens (tertiary/aromatic N) is 2. The molecule has 0 atom stereocenters. The van der Waals surface area contributed by atoms with Gasteiger partial charge in [-0.3, -0.25) is 4.79 Å². The molecule has 0 bridgehead atoms. The summed E-state index contributed by atoms with van der Waals surface area (Å²) in [7, 11) is 1.97. The van der Waals surface area contributed by atoms with Crippen LogP contribution in [0.25, 0.3) is 10.6 Å². The highest BCUT2D eigenvalue weighted by Gasteiger charge is 2.36. The average Bonchev–Trinajstić information content (AvgIpc) is 2.94. The Balaban J connectivity index is 2.12. The minimum absolute atomic E-state index is 0.0381. The number of fused-ring (bicyclic) bond motifs is 1. The van der Waals surface area contributed by atoms with Crippen LogP contribution in [-0.2, 0) is 0 Å². The van der Waals surface area contributed by atoms with Crippen LogP contribution in [0.15, 0.2) is 23.1 Å². The number of oxazole rings is 1. The summed E-state index contributed by atoms with van der Waals surface area (Å²) in [6.45, 7) is 3.94. The number of anilines is 1. The van der Waals surface area contributed by atoms with Crippen molar-refractivity contribution in [1.29, 1.82) is 0 Å². The fraction of sp³-hybridized carbons (Fsp3) is 0.333. The predicted octanol–water partition coefficient (Wildman–Crippen LogP) is 2.32. The number of carbonyl (C=O) groups is 1. The first-order valence-corrected chi connectivity index (χ1v) is 6.40. The number of hydrogen-bond acceptors (Lipinski definition) is 5. The van der Waals surface area contributed by atoms with Gasteiger partial charge in [0.25, 0.3) is 5.91 Å². The second-order valence-corrected chi connectivity index (χ2v) is 5.82. The Labute approximate surface area is 108 Å². The third-order valence-electron chi connectivity index (χ3n) is 3.21. The minimum atomic E-state index is -0.385. The van der Waals surface area contributed by atoms with Crippen molar-refractivity contribution in [2.24, 2.45) is 0 Å². The van der Waals surface area contributed by atoms with Crippen molar-refractivity contribution in [2.75, 3.05) is 11.9 Å². The summed E-state index contributed by atoms with van der Waals surface area (Å²) in [5.41, 5.74) is 0.546. The fourth-order valence-electron chi connectivity index (χ4n) is 1.97. The summed E-state index contributed by atoms with van der Waals surface area (Å²) in [5.74, 6) is 0.650. The molecular formula is C12H13N3O2S. The summed E-state index contributed by atoms with van der Waals surface area (Å²) >= 11 is 1.42. The van der Waals surface area contributed by atoms with Gasteiger partial charge < -0.3 is 14.6 Å². The molecule has 0 aliphatic carbocycles. The summed E-state index contributed by atoms with van der Waals surface area (Å²) in [6.07, 6.45) is 3.04. The molecule has 0 saturated heterocycles. The topological polar surface area (TPSA) is 58.4 Å². The third kappa shape index (κ3) is 1.53. The van der Waals surface area contributed by atoms with Gasteiger partial charge in [-0.25, -0.2) is 4.98 Å². The van der Waals surface area contributed by atoms with Gasteiger partial charge in [0.05, 0.1) is 16.8 Å². The number of hydrogen-bond donors (Lipinski definition) is 1. The van der Waals surface area contributed by atoms with E-state index in [0.717, 1.165) is 10.6 Å². The molecule has 18 heavy (non-hydrogen) atoms. The number of aromatic nitrogens is 1. The van der Waals surface area contributed by atoms with E-state index in [1.165, 1.54) is 17.7 Å². The fourth-order valence-corrected chi connectivity index (χ4v) is 3.01. The van der Waals surface area contributed by atoms with E-state index in [-0.39, 0.29) is 11.6 Å². The number of thiophene rings is 1. The summed E-state index contributed by atoms with van der Waals surface area (Å²) < 4.78 is 5.27. The summed E-state index contributed by atoms with van der Waals surface area (Å²) in [5, 5.41) is 2.97. The van der Waals surface area contributed by atoms with Gasteiger partial charge in [-0.2, -0.15) is 0 Å². The lowest BCUT2D eigenvalue weighted by Crippen LogP contribution is -2.58. The molecule has 0 fully saturated rings. The largest absolute Gasteiger partial charge is 0.443 e. The Morgan fingerprint density at radius 3 is 2.94 bits per heavy atom. The zero-order valence-electron chi connectivity index (χ0n) is 10.4. The van der Waals surface area contributed by atoms with Crippen LogP contribution in [0.1, 0.15) is 23.5 Å². The normalized spacial score (nSPS) is 17.5. The first kappa shape index (κ1) is 11.3. The average molecular weight is 263 g/mol. The van der Waals surface area contributed by atoms with Gasteiger partial charge in [-0.05, 0) is 19.9 Å². The molecule has 1 aliphatic heterocycles. The molecule has 0 saturated carbocycles. The number of nitrogens with one attached hydrogen (secondary N) is 1. The highest BCUT2D eigenvalue weighted by atomic mass is 32.1. The van der Waals surface area contributed by atoms with Crippen LogP contribution in [0.5, 0.6) is 0 Å². The van der Waals surface area contributed by atoms with E-state index < -0.39 is 0 Å². The van der Waals surface area contributed by atoms with Crippen LogP contribution < -0.4 is 10.2 Å². The maximum atomic E-state index is 12.1. The Hall–Kier alpha value is -1.82. The van der Waals surface area contributed by atoms with E-state index in [1.807, 2.05) is 27.0 Å². The molecule has 0 spiro atoms. The van der Waals surface area contributed by atoms with Crippen LogP contribution in [0.2, 0.25) is 0 Å². The molecule has 0 aromatic carbocycles. The van der Waals surface area contributed by atoms with E-state index in [1.54, 1.807) is 6.20 Å². The van der Waals surface area contributed by atoms with Crippen molar-refractivity contribution in [3.63, 3.8) is 0 Å². The van der Waals surface area contributed by atoms with Crippen molar-refractivity contribution in [3.8, 4) is 10.6 Å². The van der Waals surface area contributed by atoms with E-state index >= 15 is 0 Å². The van der Waals surface area contributed by atoms with Crippen LogP contribution in [0, 0.1) is 0 Å². The summed E-state index contributed by atoms with van der Waals surface area (Å²) in [4.78, 5) is 19.6. The highest BCUT2D eigenvalue weighted by molar-refractivity contribution is 7.18. The van der Waals surface area contributed by atoms with Gasteiger partial charge in [0.2, 0.25) is 0 Å². The van der Waals surface area contributed by atoms with Gasteiger partial charge in [0.1, 0.15) is 10.5 Å². The lowest BCUT2D eigenvalue weighted by molar-refractivity contribution is 0.0905. The van der Waals surface area contributed by atoms with Gasteiger partial charge in [-0.15, -0.1) is 11.3 Å². The molecular weight excluding hydrogens is 250 g/mol. The molecule has 1 aliphatic rings. The molecule has 1 N–H and O–H groups in total. The second kappa shape index (κ2) is 3.58. The van der Waals surface area contributed by atoms with Crippen molar-refractivity contribution in [3.05, 3.63) is 23.5 Å². The Morgan fingerprint density at radius 1 is 1.50 bits per heavy atom. The molecule has 6 heteroatoms. The number of rotatable bonds is 1. The third-order valence-corrected chi connectivity index (χ3v) is 4.35. The Kier molecular flexibility index (Phi) is 2.25. The molecule has 94 valence electrons. The van der Waals surface area contributed by atoms with Crippen molar-refractivity contribution < 1.29 is 9.21 Å². The molecule has 3 rings (SSSR count). The van der Waals surface area contributed by atoms with Gasteiger partial charge in [0.15, 0.2) is 12.2 Å². The van der Waals surface area contributed by atoms with Crippen LogP contribution in [-0.4, -0.2) is 23.6 Å². The minimum Gasteiger partial charge on any atom is -0.443 e. The number of carbonyl (C=O) groups excluding carboxylic acids is 1. The molecule has 0 unspecified atom stereocenters. The highest BCUT2D eigenvalue weighted by Crippen LogP contribution is 2.40. The molecule has 3 heterocycles. The zero-order chi connectivity index (χ0) is 12.9.